The summed E-state index contributed by atoms with van der Waals surface area (Å²) in [6, 6.07) is 9.96. The Morgan fingerprint density at radius 2 is 1.65 bits per heavy atom. The van der Waals surface area contributed by atoms with Gasteiger partial charge in [0.25, 0.3) is 0 Å². The molecule has 3 heteroatoms. The van der Waals surface area contributed by atoms with Gasteiger partial charge < -0.3 is 14.6 Å². The van der Waals surface area contributed by atoms with Crippen molar-refractivity contribution in [3.05, 3.63) is 30.3 Å². The van der Waals surface area contributed by atoms with Gasteiger partial charge in [0.15, 0.2) is 0 Å². The maximum atomic E-state index is 8.69. The SMILES string of the molecule is OCCOC1CCC(Oc2ccccc2)CC1. The molecule has 1 aliphatic rings. The lowest BCUT2D eigenvalue weighted by Gasteiger charge is -2.28. The van der Waals surface area contributed by atoms with Gasteiger partial charge in [0.05, 0.1) is 25.4 Å². The van der Waals surface area contributed by atoms with Gasteiger partial charge in [-0.05, 0) is 37.8 Å². The van der Waals surface area contributed by atoms with E-state index in [0.717, 1.165) is 31.4 Å². The smallest absolute Gasteiger partial charge is 0.119 e. The number of aliphatic hydroxyl groups excluding tert-OH is 1. The average molecular weight is 236 g/mol. The Balaban J connectivity index is 1.72. The molecule has 0 aliphatic heterocycles. The van der Waals surface area contributed by atoms with Crippen LogP contribution in [0, 0.1) is 0 Å². The van der Waals surface area contributed by atoms with Crippen molar-refractivity contribution in [1.29, 1.82) is 0 Å². The van der Waals surface area contributed by atoms with Gasteiger partial charge in [-0.3, -0.25) is 0 Å². The predicted octanol–water partition coefficient (Wildman–Crippen LogP) is 2.39. The van der Waals surface area contributed by atoms with Crippen LogP contribution in [0.4, 0.5) is 0 Å². The van der Waals surface area contributed by atoms with Crippen molar-refractivity contribution in [1.82, 2.24) is 0 Å². The molecule has 0 aromatic heterocycles. The molecule has 17 heavy (non-hydrogen) atoms. The van der Waals surface area contributed by atoms with Gasteiger partial charge >= 0.3 is 0 Å². The van der Waals surface area contributed by atoms with E-state index in [-0.39, 0.29) is 6.61 Å². The number of ether oxygens (including phenoxy) is 2. The van der Waals surface area contributed by atoms with Crippen LogP contribution < -0.4 is 4.74 Å². The summed E-state index contributed by atoms with van der Waals surface area (Å²) in [5, 5.41) is 8.69. The molecule has 1 saturated carbocycles. The zero-order valence-electron chi connectivity index (χ0n) is 10.0. The fourth-order valence-electron chi connectivity index (χ4n) is 2.23. The van der Waals surface area contributed by atoms with Crippen molar-refractivity contribution in [2.45, 2.75) is 37.9 Å². The second-order valence-corrected chi connectivity index (χ2v) is 4.42. The summed E-state index contributed by atoms with van der Waals surface area (Å²) >= 11 is 0. The molecular formula is C14H20O3. The second-order valence-electron chi connectivity index (χ2n) is 4.42. The lowest BCUT2D eigenvalue weighted by atomic mass is 9.95. The van der Waals surface area contributed by atoms with Crippen molar-refractivity contribution in [2.24, 2.45) is 0 Å². The molecule has 94 valence electrons. The van der Waals surface area contributed by atoms with Crippen LogP contribution in [-0.4, -0.2) is 30.5 Å². The normalized spacial score (nSPS) is 24.5. The average Bonchev–Trinajstić information content (AvgIpc) is 2.39. The quantitative estimate of drug-likeness (QED) is 0.853. The van der Waals surface area contributed by atoms with E-state index in [1.54, 1.807) is 0 Å². The molecule has 1 aliphatic carbocycles. The molecule has 0 spiro atoms. The van der Waals surface area contributed by atoms with E-state index in [1.165, 1.54) is 0 Å². The van der Waals surface area contributed by atoms with Crippen LogP contribution in [0.2, 0.25) is 0 Å². The first-order valence-electron chi connectivity index (χ1n) is 6.32. The Hall–Kier alpha value is -1.06. The highest BCUT2D eigenvalue weighted by molar-refractivity contribution is 5.21. The van der Waals surface area contributed by atoms with Crippen LogP contribution in [0.1, 0.15) is 25.7 Å². The molecular weight excluding hydrogens is 216 g/mol. The fourth-order valence-corrected chi connectivity index (χ4v) is 2.23. The summed E-state index contributed by atoms with van der Waals surface area (Å²) in [6.45, 7) is 0.565. The van der Waals surface area contributed by atoms with E-state index in [0.29, 0.717) is 18.8 Å². The molecule has 0 bridgehead atoms. The molecule has 0 heterocycles. The first-order valence-corrected chi connectivity index (χ1v) is 6.32. The van der Waals surface area contributed by atoms with Crippen LogP contribution in [0.15, 0.2) is 30.3 Å². The highest BCUT2D eigenvalue weighted by atomic mass is 16.5. The molecule has 0 saturated heterocycles. The molecule has 1 fully saturated rings. The topological polar surface area (TPSA) is 38.7 Å². The van der Waals surface area contributed by atoms with Gasteiger partial charge in [0.1, 0.15) is 5.75 Å². The Labute approximate surface area is 102 Å². The third-order valence-electron chi connectivity index (χ3n) is 3.11. The lowest BCUT2D eigenvalue weighted by molar-refractivity contribution is -0.0112. The molecule has 1 aromatic rings. The van der Waals surface area contributed by atoms with Gasteiger partial charge in [-0.15, -0.1) is 0 Å². The van der Waals surface area contributed by atoms with Crippen LogP contribution >= 0.6 is 0 Å². The van der Waals surface area contributed by atoms with Crippen molar-refractivity contribution >= 4 is 0 Å². The van der Waals surface area contributed by atoms with Crippen molar-refractivity contribution in [3.8, 4) is 5.75 Å². The third kappa shape index (κ3) is 4.02. The minimum atomic E-state index is 0.112. The van der Waals surface area contributed by atoms with E-state index < -0.39 is 0 Å². The van der Waals surface area contributed by atoms with E-state index in [1.807, 2.05) is 30.3 Å². The van der Waals surface area contributed by atoms with Crippen molar-refractivity contribution < 1.29 is 14.6 Å². The number of aliphatic hydroxyl groups is 1. The fraction of sp³-hybridized carbons (Fsp3) is 0.571. The summed E-state index contributed by atoms with van der Waals surface area (Å²) in [4.78, 5) is 0. The van der Waals surface area contributed by atoms with Gasteiger partial charge in [-0.2, -0.15) is 0 Å². The van der Waals surface area contributed by atoms with Crippen LogP contribution in [0.25, 0.3) is 0 Å². The van der Waals surface area contributed by atoms with Crippen LogP contribution in [0.5, 0.6) is 5.75 Å². The number of hydrogen-bond acceptors (Lipinski definition) is 3. The standard InChI is InChI=1S/C14H20O3/c15-10-11-16-12-6-8-14(9-7-12)17-13-4-2-1-3-5-13/h1-5,12,14-15H,6-11H2. The van der Waals surface area contributed by atoms with Gasteiger partial charge in [0.2, 0.25) is 0 Å². The van der Waals surface area contributed by atoms with E-state index in [4.69, 9.17) is 14.6 Å². The summed E-state index contributed by atoms with van der Waals surface area (Å²) in [5.74, 6) is 0.951. The van der Waals surface area contributed by atoms with Gasteiger partial charge in [0, 0.05) is 0 Å². The number of para-hydroxylation sites is 1. The highest BCUT2D eigenvalue weighted by Gasteiger charge is 2.22. The summed E-state index contributed by atoms with van der Waals surface area (Å²) in [5.41, 5.74) is 0. The van der Waals surface area contributed by atoms with E-state index in [9.17, 15) is 0 Å². The minimum Gasteiger partial charge on any atom is -0.490 e. The van der Waals surface area contributed by atoms with E-state index >= 15 is 0 Å². The van der Waals surface area contributed by atoms with Crippen molar-refractivity contribution in [3.63, 3.8) is 0 Å². The molecule has 2 rings (SSSR count). The van der Waals surface area contributed by atoms with Crippen LogP contribution in [-0.2, 0) is 4.74 Å². The predicted molar refractivity (Wildman–Crippen MR) is 66.2 cm³/mol. The Bertz CT molecular complexity index is 305. The summed E-state index contributed by atoms with van der Waals surface area (Å²) < 4.78 is 11.4. The number of hydrogen-bond donors (Lipinski definition) is 1. The zero-order valence-corrected chi connectivity index (χ0v) is 10.0. The Kier molecular flexibility index (Phi) is 4.83. The first kappa shape index (κ1) is 12.4. The number of rotatable bonds is 5. The Morgan fingerprint density at radius 1 is 1.00 bits per heavy atom. The summed E-state index contributed by atoms with van der Waals surface area (Å²) in [7, 11) is 0. The molecule has 0 radical (unpaired) electrons. The maximum absolute atomic E-state index is 8.69. The monoisotopic (exact) mass is 236 g/mol. The van der Waals surface area contributed by atoms with Gasteiger partial charge in [-0.1, -0.05) is 18.2 Å². The molecule has 0 atom stereocenters. The largest absolute Gasteiger partial charge is 0.490 e. The molecule has 0 amide bonds. The number of benzene rings is 1. The van der Waals surface area contributed by atoms with Crippen LogP contribution in [0.3, 0.4) is 0 Å². The first-order chi connectivity index (χ1) is 8.38. The van der Waals surface area contributed by atoms with E-state index in [2.05, 4.69) is 0 Å². The zero-order chi connectivity index (χ0) is 11.9. The maximum Gasteiger partial charge on any atom is 0.119 e. The second kappa shape index (κ2) is 6.62. The Morgan fingerprint density at radius 3 is 2.29 bits per heavy atom. The van der Waals surface area contributed by atoms with Gasteiger partial charge in [-0.25, -0.2) is 0 Å². The molecule has 3 nitrogen and oxygen atoms in total. The highest BCUT2D eigenvalue weighted by Crippen LogP contribution is 2.25. The lowest BCUT2D eigenvalue weighted by Crippen LogP contribution is -2.28. The molecule has 1 aromatic carbocycles. The summed E-state index contributed by atoms with van der Waals surface area (Å²) in [6.07, 6.45) is 4.73. The third-order valence-corrected chi connectivity index (χ3v) is 3.11. The van der Waals surface area contributed by atoms with Crippen molar-refractivity contribution in [2.75, 3.05) is 13.2 Å². The minimum absolute atomic E-state index is 0.112. The molecule has 0 unspecified atom stereocenters. The molecule has 1 N–H and O–H groups in total.